The molecule has 4 saturated carbocycles. The third-order valence-electron chi connectivity index (χ3n) is 9.93. The van der Waals surface area contributed by atoms with Crippen molar-refractivity contribution in [2.75, 3.05) is 6.61 Å². The van der Waals surface area contributed by atoms with Crippen molar-refractivity contribution < 1.29 is 22.3 Å². The zero-order valence-electron chi connectivity index (χ0n) is 20.8. The van der Waals surface area contributed by atoms with Crippen molar-refractivity contribution in [3.05, 3.63) is 0 Å². The average Bonchev–Trinajstić information content (AvgIpc) is 2.85. The number of hydrogen-bond donors (Lipinski definition) is 0. The van der Waals surface area contributed by atoms with Gasteiger partial charge in [0.05, 0.1) is 12.7 Å². The molecule has 4 fully saturated rings. The van der Waals surface area contributed by atoms with Crippen LogP contribution in [-0.2, 0) is 4.74 Å². The van der Waals surface area contributed by atoms with Crippen LogP contribution in [0.1, 0.15) is 96.8 Å². The molecule has 4 aliphatic carbocycles. The number of alkyl halides is 5. The lowest BCUT2D eigenvalue weighted by atomic mass is 9.67. The summed E-state index contributed by atoms with van der Waals surface area (Å²) < 4.78 is 64.9. The Morgan fingerprint density at radius 3 is 1.82 bits per heavy atom. The summed E-state index contributed by atoms with van der Waals surface area (Å²) in [6.45, 7) is 2.52. The molecule has 0 heterocycles. The van der Waals surface area contributed by atoms with E-state index in [1.165, 1.54) is 25.7 Å². The lowest BCUT2D eigenvalue weighted by Crippen LogP contribution is -2.44. The molecule has 1 nitrogen and oxygen atoms in total. The van der Waals surface area contributed by atoms with Crippen molar-refractivity contribution in [3.63, 3.8) is 0 Å². The first-order chi connectivity index (χ1) is 16.4. The largest absolute Gasteiger partial charge is 0.378 e. The lowest BCUT2D eigenvalue weighted by molar-refractivity contribution is -0.0693. The maximum Gasteiger partial charge on any atom is 0.143 e. The number of ether oxygens (including phenoxy) is 1. The van der Waals surface area contributed by atoms with E-state index >= 15 is 8.78 Å². The van der Waals surface area contributed by atoms with Crippen LogP contribution in [0, 0.1) is 35.5 Å². The minimum atomic E-state index is -1.42. The zero-order chi connectivity index (χ0) is 24.2. The molecule has 0 aliphatic heterocycles. The maximum atomic E-state index is 15.1. The van der Waals surface area contributed by atoms with E-state index in [9.17, 15) is 8.78 Å². The molecule has 4 aliphatic rings. The molecule has 0 radical (unpaired) electrons. The molecule has 34 heavy (non-hydrogen) atoms. The molecule has 0 aromatic heterocycles. The smallest absolute Gasteiger partial charge is 0.143 e. The fourth-order valence-corrected chi connectivity index (χ4v) is 8.51. The highest BCUT2D eigenvalue weighted by Gasteiger charge is 2.45. The summed E-state index contributed by atoms with van der Waals surface area (Å²) in [6.07, 6.45) is 7.97. The van der Waals surface area contributed by atoms with Crippen LogP contribution in [0.2, 0.25) is 0 Å². The SMILES string of the molecule is CCCC1CCC(C2CC[C@H](COC3CCC(C4CC[C@H](I)C(F)[C@@H]4F)CC3)C(F)C2F)CC1. The van der Waals surface area contributed by atoms with E-state index in [0.717, 1.165) is 70.1 Å². The molecular weight excluding hydrogens is 555 g/mol. The van der Waals surface area contributed by atoms with Gasteiger partial charge < -0.3 is 4.74 Å². The molecule has 0 amide bonds. The Labute approximate surface area is 218 Å². The van der Waals surface area contributed by atoms with Crippen molar-refractivity contribution in [1.82, 2.24) is 0 Å². The zero-order valence-corrected chi connectivity index (χ0v) is 23.0. The summed E-state index contributed by atoms with van der Waals surface area (Å²) in [4.78, 5) is 0. The lowest BCUT2D eigenvalue weighted by Gasteiger charge is -2.42. The maximum absolute atomic E-state index is 15.1. The monoisotopic (exact) mass is 600 g/mol. The Morgan fingerprint density at radius 1 is 0.647 bits per heavy atom. The fraction of sp³-hybridized carbons (Fsp3) is 1.00. The van der Waals surface area contributed by atoms with E-state index < -0.39 is 24.7 Å². The van der Waals surface area contributed by atoms with Crippen LogP contribution in [0.3, 0.4) is 0 Å². The van der Waals surface area contributed by atoms with Crippen LogP contribution >= 0.6 is 22.6 Å². The molecule has 5 unspecified atom stereocenters. The van der Waals surface area contributed by atoms with Crippen LogP contribution < -0.4 is 0 Å². The summed E-state index contributed by atoms with van der Waals surface area (Å²) in [7, 11) is 0. The summed E-state index contributed by atoms with van der Waals surface area (Å²) in [5.74, 6) is 0.734. The van der Waals surface area contributed by atoms with E-state index in [0.29, 0.717) is 12.5 Å². The molecule has 8 atom stereocenters. The predicted molar refractivity (Wildman–Crippen MR) is 138 cm³/mol. The van der Waals surface area contributed by atoms with E-state index in [-0.39, 0.29) is 33.7 Å². The first kappa shape index (κ1) is 27.4. The molecule has 0 spiro atoms. The quantitative estimate of drug-likeness (QED) is 0.161. The molecule has 6 heteroatoms. The van der Waals surface area contributed by atoms with E-state index in [1.807, 2.05) is 22.6 Å². The Kier molecular flexibility index (Phi) is 10.3. The third kappa shape index (κ3) is 6.45. The van der Waals surface area contributed by atoms with Crippen molar-refractivity contribution in [2.45, 2.75) is 132 Å². The first-order valence-electron chi connectivity index (χ1n) is 14.2. The fourth-order valence-electron chi connectivity index (χ4n) is 7.75. The number of halogens is 5. The minimum absolute atomic E-state index is 0.0493. The molecule has 0 N–H and O–H groups in total. The second-order valence-corrected chi connectivity index (χ2v) is 13.6. The number of hydrogen-bond acceptors (Lipinski definition) is 1. The molecule has 0 bridgehead atoms. The van der Waals surface area contributed by atoms with Crippen LogP contribution in [0.4, 0.5) is 17.6 Å². The predicted octanol–water partition coefficient (Wildman–Crippen LogP) is 8.76. The van der Waals surface area contributed by atoms with Gasteiger partial charge in [0.25, 0.3) is 0 Å². The second-order valence-electron chi connectivity index (χ2n) is 12.0. The standard InChI is InChI=1S/C28H45F4IO/c1-2-3-17-4-6-18(7-5-17)22-13-10-20(25(29)26(22)30)16-34-21-11-8-19(9-12-21)23-14-15-24(33)28(32)27(23)31/h17-28H,2-16H2,1H3/t17?,18?,19?,20-,21?,22?,23?,24+,25?,26?,27-,28?/m1/s1. The normalized spacial score (nSPS) is 48.5. The van der Waals surface area contributed by atoms with Crippen molar-refractivity contribution in [3.8, 4) is 0 Å². The van der Waals surface area contributed by atoms with Gasteiger partial charge in [-0.25, -0.2) is 17.6 Å². The van der Waals surface area contributed by atoms with Crippen molar-refractivity contribution in [1.29, 1.82) is 0 Å². The highest BCUT2D eigenvalue weighted by Crippen LogP contribution is 2.46. The summed E-state index contributed by atoms with van der Waals surface area (Å²) in [5, 5.41) is 0. The highest BCUT2D eigenvalue weighted by atomic mass is 127. The Hall–Kier alpha value is 0.410. The number of rotatable bonds is 7. The van der Waals surface area contributed by atoms with Gasteiger partial charge in [0.15, 0.2) is 0 Å². The van der Waals surface area contributed by atoms with Crippen LogP contribution in [0.5, 0.6) is 0 Å². The van der Waals surface area contributed by atoms with Gasteiger partial charge in [0.1, 0.15) is 24.7 Å². The average molecular weight is 601 g/mol. The van der Waals surface area contributed by atoms with Gasteiger partial charge in [0.2, 0.25) is 0 Å². The van der Waals surface area contributed by atoms with Crippen LogP contribution in [-0.4, -0.2) is 41.3 Å². The Bertz CT molecular complexity index is 607. The van der Waals surface area contributed by atoms with Crippen molar-refractivity contribution >= 4 is 22.6 Å². The topological polar surface area (TPSA) is 9.23 Å². The summed E-state index contributed by atoms with van der Waals surface area (Å²) in [5.41, 5.74) is 0. The first-order valence-corrected chi connectivity index (χ1v) is 15.5. The Balaban J connectivity index is 1.18. The van der Waals surface area contributed by atoms with Gasteiger partial charge in [-0.05, 0) is 93.8 Å². The van der Waals surface area contributed by atoms with Gasteiger partial charge in [-0.3, -0.25) is 0 Å². The summed E-state index contributed by atoms with van der Waals surface area (Å²) in [6, 6.07) is 0. The van der Waals surface area contributed by atoms with E-state index in [1.54, 1.807) is 0 Å². The second kappa shape index (κ2) is 12.8. The van der Waals surface area contributed by atoms with Gasteiger partial charge in [-0.2, -0.15) is 0 Å². The molecular formula is C28H45F4IO. The minimum Gasteiger partial charge on any atom is -0.378 e. The van der Waals surface area contributed by atoms with Gasteiger partial charge >= 0.3 is 0 Å². The molecule has 0 aromatic carbocycles. The van der Waals surface area contributed by atoms with Crippen LogP contribution in [0.15, 0.2) is 0 Å². The summed E-state index contributed by atoms with van der Waals surface area (Å²) >= 11 is 2.04. The van der Waals surface area contributed by atoms with Crippen LogP contribution in [0.25, 0.3) is 0 Å². The molecule has 0 saturated heterocycles. The molecule has 0 aromatic rings. The van der Waals surface area contributed by atoms with Crippen molar-refractivity contribution in [2.24, 2.45) is 35.5 Å². The molecule has 4 rings (SSSR count). The van der Waals surface area contributed by atoms with Gasteiger partial charge in [0, 0.05) is 9.84 Å². The third-order valence-corrected chi connectivity index (χ3v) is 11.2. The van der Waals surface area contributed by atoms with E-state index in [4.69, 9.17) is 4.74 Å². The highest BCUT2D eigenvalue weighted by molar-refractivity contribution is 14.1. The van der Waals surface area contributed by atoms with Gasteiger partial charge in [-0.15, -0.1) is 0 Å². The van der Waals surface area contributed by atoms with Gasteiger partial charge in [-0.1, -0.05) is 55.2 Å². The molecule has 198 valence electrons. The van der Waals surface area contributed by atoms with E-state index in [2.05, 4.69) is 6.92 Å². The Morgan fingerprint density at radius 2 is 1.21 bits per heavy atom.